The highest BCUT2D eigenvalue weighted by Crippen LogP contribution is 2.42. The van der Waals surface area contributed by atoms with E-state index >= 15 is 0 Å². The number of hydrogen-bond donors (Lipinski definition) is 0. The molecule has 7 nitrogen and oxygen atoms in total. The number of rotatable bonds is 6. The van der Waals surface area contributed by atoms with E-state index < -0.39 is 12.0 Å². The van der Waals surface area contributed by atoms with E-state index in [4.69, 9.17) is 9.15 Å². The van der Waals surface area contributed by atoms with Crippen LogP contribution in [0.5, 0.6) is 0 Å². The maximum absolute atomic E-state index is 12.7. The Bertz CT molecular complexity index is 945. The van der Waals surface area contributed by atoms with Gasteiger partial charge in [-0.3, -0.25) is 9.59 Å². The van der Waals surface area contributed by atoms with E-state index in [2.05, 4.69) is 4.57 Å². The average Bonchev–Trinajstić information content (AvgIpc) is 3.10. The van der Waals surface area contributed by atoms with Gasteiger partial charge in [-0.1, -0.05) is 0 Å². The SMILES string of the molecule is CC(=O)N1[C@H](C(=O)OCC(=O)c2cc(C)n(C3CC3)c2C)CS[C@H]1c1ccco1. The number of ether oxygens (including phenoxy) is 1. The number of aryl methyl sites for hydroxylation is 1. The van der Waals surface area contributed by atoms with Gasteiger partial charge in [0, 0.05) is 35.7 Å². The number of Topliss-reactive ketones (excluding diaryl/α,β-unsaturated/α-hetero) is 1. The number of amides is 1. The van der Waals surface area contributed by atoms with Crippen LogP contribution in [0.15, 0.2) is 28.9 Å². The van der Waals surface area contributed by atoms with Crippen molar-refractivity contribution in [3.8, 4) is 0 Å². The van der Waals surface area contributed by atoms with Crippen molar-refractivity contribution in [3.05, 3.63) is 47.2 Å². The summed E-state index contributed by atoms with van der Waals surface area (Å²) in [5.74, 6) is -0.0115. The molecule has 0 aromatic carbocycles. The first kappa shape index (κ1) is 19.8. The zero-order valence-corrected chi connectivity index (χ0v) is 17.5. The summed E-state index contributed by atoms with van der Waals surface area (Å²) in [5, 5.41) is -0.367. The molecule has 154 valence electrons. The van der Waals surface area contributed by atoms with Gasteiger partial charge >= 0.3 is 5.97 Å². The van der Waals surface area contributed by atoms with E-state index in [1.807, 2.05) is 19.9 Å². The maximum atomic E-state index is 12.7. The van der Waals surface area contributed by atoms with Crippen molar-refractivity contribution in [2.75, 3.05) is 12.4 Å². The Kier molecular flexibility index (Phi) is 5.29. The molecule has 29 heavy (non-hydrogen) atoms. The molecule has 0 bridgehead atoms. The molecule has 8 heteroatoms. The number of furan rings is 1. The lowest BCUT2D eigenvalue weighted by Crippen LogP contribution is -2.43. The van der Waals surface area contributed by atoms with Crippen LogP contribution in [0.3, 0.4) is 0 Å². The Morgan fingerprint density at radius 2 is 2.03 bits per heavy atom. The van der Waals surface area contributed by atoms with Crippen LogP contribution in [0, 0.1) is 13.8 Å². The molecule has 3 heterocycles. The Hall–Kier alpha value is -2.48. The molecule has 1 aliphatic heterocycles. The van der Waals surface area contributed by atoms with Crippen LogP contribution >= 0.6 is 11.8 Å². The highest BCUT2D eigenvalue weighted by Gasteiger charge is 2.43. The Morgan fingerprint density at radius 1 is 1.28 bits per heavy atom. The second-order valence-electron chi connectivity index (χ2n) is 7.56. The molecular weight excluding hydrogens is 392 g/mol. The van der Waals surface area contributed by atoms with Crippen LogP contribution in [0.4, 0.5) is 0 Å². The van der Waals surface area contributed by atoms with Crippen LogP contribution in [-0.4, -0.2) is 45.5 Å². The van der Waals surface area contributed by atoms with E-state index in [0.29, 0.717) is 23.1 Å². The van der Waals surface area contributed by atoms with E-state index in [-0.39, 0.29) is 23.7 Å². The molecule has 2 aromatic heterocycles. The molecule has 2 atom stereocenters. The largest absolute Gasteiger partial charge is 0.466 e. The van der Waals surface area contributed by atoms with E-state index in [0.717, 1.165) is 24.2 Å². The summed E-state index contributed by atoms with van der Waals surface area (Å²) in [6, 6.07) is 5.14. The van der Waals surface area contributed by atoms with Gasteiger partial charge in [0.1, 0.15) is 17.2 Å². The van der Waals surface area contributed by atoms with Gasteiger partial charge in [0.2, 0.25) is 11.7 Å². The van der Waals surface area contributed by atoms with Gasteiger partial charge in [0.15, 0.2) is 6.61 Å². The molecule has 2 aromatic rings. The quantitative estimate of drug-likeness (QED) is 0.530. The number of carbonyl (C=O) groups is 3. The lowest BCUT2D eigenvalue weighted by Gasteiger charge is -2.25. The van der Waals surface area contributed by atoms with E-state index in [9.17, 15) is 14.4 Å². The minimum absolute atomic E-state index is 0.221. The van der Waals surface area contributed by atoms with Crippen molar-refractivity contribution in [1.82, 2.24) is 9.47 Å². The zero-order chi connectivity index (χ0) is 20.7. The van der Waals surface area contributed by atoms with Gasteiger partial charge in [0.25, 0.3) is 0 Å². The molecule has 2 fully saturated rings. The standard InChI is InChI=1S/C21H24N2O5S/c1-12-9-16(13(2)22(12)15-6-7-15)18(25)10-28-21(26)17-11-29-20(23(17)14(3)24)19-5-4-8-27-19/h4-5,8-9,15,17,20H,6-7,10-11H2,1-3H3/t17-,20-/m0/s1. The molecule has 0 unspecified atom stereocenters. The zero-order valence-electron chi connectivity index (χ0n) is 16.7. The number of nitrogens with zero attached hydrogens (tertiary/aromatic N) is 2. The average molecular weight is 416 g/mol. The predicted molar refractivity (Wildman–Crippen MR) is 108 cm³/mol. The summed E-state index contributed by atoms with van der Waals surface area (Å²) >= 11 is 1.44. The van der Waals surface area contributed by atoms with Gasteiger partial charge in [-0.2, -0.15) is 0 Å². The third-order valence-electron chi connectivity index (χ3n) is 5.46. The van der Waals surface area contributed by atoms with Crippen LogP contribution < -0.4 is 0 Å². The third-order valence-corrected chi connectivity index (χ3v) is 6.75. The normalized spacial score (nSPS) is 21.4. The van der Waals surface area contributed by atoms with Crippen molar-refractivity contribution < 1.29 is 23.5 Å². The fourth-order valence-corrected chi connectivity index (χ4v) is 5.40. The highest BCUT2D eigenvalue weighted by atomic mass is 32.2. The summed E-state index contributed by atoms with van der Waals surface area (Å²) in [5.41, 5.74) is 2.57. The third kappa shape index (κ3) is 3.73. The number of carbonyl (C=O) groups excluding carboxylic acids is 3. The van der Waals surface area contributed by atoms with Crippen molar-refractivity contribution >= 4 is 29.4 Å². The lowest BCUT2D eigenvalue weighted by molar-refractivity contribution is -0.152. The number of aromatic nitrogens is 1. The summed E-state index contributed by atoms with van der Waals surface area (Å²) in [6.45, 7) is 5.01. The van der Waals surface area contributed by atoms with Crippen LogP contribution in [-0.2, 0) is 14.3 Å². The number of thioether (sulfide) groups is 1. The van der Waals surface area contributed by atoms with E-state index in [1.54, 1.807) is 12.1 Å². The summed E-state index contributed by atoms with van der Waals surface area (Å²) in [7, 11) is 0. The van der Waals surface area contributed by atoms with Gasteiger partial charge in [-0.05, 0) is 44.9 Å². The fourth-order valence-electron chi connectivity index (χ4n) is 3.99. The number of hydrogen-bond acceptors (Lipinski definition) is 6. The molecule has 4 rings (SSSR count). The molecule has 1 saturated heterocycles. The predicted octanol–water partition coefficient (Wildman–Crippen LogP) is 3.42. The molecule has 0 spiro atoms. The Labute approximate surface area is 173 Å². The first-order valence-electron chi connectivity index (χ1n) is 9.70. The van der Waals surface area contributed by atoms with Crippen molar-refractivity contribution in [1.29, 1.82) is 0 Å². The molecule has 2 aliphatic rings. The maximum Gasteiger partial charge on any atom is 0.330 e. The Morgan fingerprint density at radius 3 is 2.66 bits per heavy atom. The fraction of sp³-hybridized carbons (Fsp3) is 0.476. The molecule has 0 radical (unpaired) electrons. The second kappa shape index (κ2) is 7.74. The van der Waals surface area contributed by atoms with Gasteiger partial charge in [0.05, 0.1) is 6.26 Å². The van der Waals surface area contributed by atoms with Gasteiger partial charge in [-0.25, -0.2) is 4.79 Å². The minimum atomic E-state index is -0.737. The summed E-state index contributed by atoms with van der Waals surface area (Å²) < 4.78 is 12.9. The van der Waals surface area contributed by atoms with Crippen LogP contribution in [0.25, 0.3) is 0 Å². The smallest absolute Gasteiger partial charge is 0.330 e. The summed E-state index contributed by atoms with van der Waals surface area (Å²) in [4.78, 5) is 39.0. The Balaban J connectivity index is 1.42. The second-order valence-corrected chi connectivity index (χ2v) is 8.67. The highest BCUT2D eigenvalue weighted by molar-refractivity contribution is 7.99. The van der Waals surface area contributed by atoms with Crippen molar-refractivity contribution in [2.24, 2.45) is 0 Å². The van der Waals surface area contributed by atoms with Crippen LogP contribution in [0.1, 0.15) is 58.7 Å². The van der Waals surface area contributed by atoms with Crippen LogP contribution in [0.2, 0.25) is 0 Å². The first-order valence-corrected chi connectivity index (χ1v) is 10.8. The molecule has 1 saturated carbocycles. The molecule has 1 amide bonds. The number of ketones is 1. The molecule has 0 N–H and O–H groups in total. The minimum Gasteiger partial charge on any atom is -0.466 e. The van der Waals surface area contributed by atoms with E-state index in [1.165, 1.54) is 29.8 Å². The first-order chi connectivity index (χ1) is 13.9. The topological polar surface area (TPSA) is 81.8 Å². The van der Waals surface area contributed by atoms with Crippen molar-refractivity contribution in [2.45, 2.75) is 51.1 Å². The van der Waals surface area contributed by atoms with Gasteiger partial charge < -0.3 is 18.6 Å². The molecule has 1 aliphatic carbocycles. The molecular formula is C21H24N2O5S. The number of esters is 1. The monoisotopic (exact) mass is 416 g/mol. The van der Waals surface area contributed by atoms with Gasteiger partial charge in [-0.15, -0.1) is 11.8 Å². The van der Waals surface area contributed by atoms with Crippen molar-refractivity contribution in [3.63, 3.8) is 0 Å². The summed E-state index contributed by atoms with van der Waals surface area (Å²) in [6.07, 6.45) is 3.81. The lowest BCUT2D eigenvalue weighted by atomic mass is 10.1.